The molecule has 5 aromatic rings. The van der Waals surface area contributed by atoms with Crippen molar-refractivity contribution in [3.8, 4) is 11.6 Å². The van der Waals surface area contributed by atoms with Crippen molar-refractivity contribution in [2.24, 2.45) is 0 Å². The third-order valence-corrected chi connectivity index (χ3v) is 6.04. The molecule has 10 nitrogen and oxygen atoms in total. The van der Waals surface area contributed by atoms with Crippen LogP contribution in [0.25, 0.3) is 16.7 Å². The van der Waals surface area contributed by atoms with Crippen molar-refractivity contribution >= 4 is 34.2 Å². The summed E-state index contributed by atoms with van der Waals surface area (Å²) in [5.41, 5.74) is 3.14. The lowest BCUT2D eigenvalue weighted by Gasteiger charge is -2.11. The number of carbonyl (C=O) groups excluding carboxylic acids is 2. The van der Waals surface area contributed by atoms with Gasteiger partial charge in [0.25, 0.3) is 5.88 Å². The number of nitrogens with one attached hydrogen (secondary N) is 1. The van der Waals surface area contributed by atoms with Gasteiger partial charge in [0.2, 0.25) is 11.6 Å². The smallest absolute Gasteiger partial charge is 0.351 e. The number of ether oxygens (including phenoxy) is 2. The van der Waals surface area contributed by atoms with Gasteiger partial charge in [0.15, 0.2) is 0 Å². The summed E-state index contributed by atoms with van der Waals surface area (Å²) in [6.45, 7) is 3.51. The molecule has 1 N–H and O–H groups in total. The van der Waals surface area contributed by atoms with Crippen LogP contribution >= 0.6 is 0 Å². The topological polar surface area (TPSA) is 117 Å². The largest absolute Gasteiger partial charge is 0.465 e. The van der Waals surface area contributed by atoms with Crippen molar-refractivity contribution in [1.29, 1.82) is 0 Å². The molecule has 37 heavy (non-hydrogen) atoms. The van der Waals surface area contributed by atoms with Crippen LogP contribution in [0.4, 0.5) is 5.69 Å². The van der Waals surface area contributed by atoms with Gasteiger partial charge in [-0.3, -0.25) is 4.79 Å². The second kappa shape index (κ2) is 9.57. The molecular formula is C27H23N5O5. The lowest BCUT2D eigenvalue weighted by Crippen LogP contribution is -2.28. The summed E-state index contributed by atoms with van der Waals surface area (Å²) in [6, 6.07) is 19.2. The van der Waals surface area contributed by atoms with E-state index >= 15 is 0 Å². The van der Waals surface area contributed by atoms with Gasteiger partial charge in [0.05, 0.1) is 29.4 Å². The molecule has 0 atom stereocenters. The summed E-state index contributed by atoms with van der Waals surface area (Å²) in [5, 5.41) is 7.05. The first-order valence-corrected chi connectivity index (χ1v) is 11.5. The standard InChI is InChI=1S/C27H23N5O5/c1-16-9-8-14-22(17(16)2)37-25-24-30-31(27(35)32(24)21-13-7-6-12-20(21)29-25)15-23(33)28-19-11-5-4-10-18(19)26(34)36-3/h4-14H,15H2,1-3H3,(H,28,33). The average molecular weight is 498 g/mol. The third kappa shape index (κ3) is 4.40. The number of aromatic nitrogens is 4. The van der Waals surface area contributed by atoms with E-state index in [4.69, 9.17) is 9.47 Å². The number of methoxy groups -OCH3 is 1. The summed E-state index contributed by atoms with van der Waals surface area (Å²) >= 11 is 0. The molecule has 3 aromatic carbocycles. The minimum Gasteiger partial charge on any atom is -0.465 e. The van der Waals surface area contributed by atoms with Gasteiger partial charge in [0.1, 0.15) is 12.3 Å². The molecule has 2 aromatic heterocycles. The summed E-state index contributed by atoms with van der Waals surface area (Å²) < 4.78 is 13.3. The minimum absolute atomic E-state index is 0.139. The van der Waals surface area contributed by atoms with Crippen LogP contribution in [0, 0.1) is 13.8 Å². The van der Waals surface area contributed by atoms with Gasteiger partial charge in [-0.25, -0.2) is 23.7 Å². The SMILES string of the molecule is COC(=O)c1ccccc1NC(=O)Cn1nc2c(Oc3cccc(C)c3C)nc3ccccc3n2c1=O. The first kappa shape index (κ1) is 23.7. The molecular weight excluding hydrogens is 474 g/mol. The van der Waals surface area contributed by atoms with Gasteiger partial charge in [-0.1, -0.05) is 36.4 Å². The van der Waals surface area contributed by atoms with E-state index in [1.807, 2.05) is 38.1 Å². The van der Waals surface area contributed by atoms with Crippen LogP contribution in [0.2, 0.25) is 0 Å². The maximum atomic E-state index is 13.4. The molecule has 10 heteroatoms. The highest BCUT2D eigenvalue weighted by Crippen LogP contribution is 2.29. The Balaban J connectivity index is 1.55. The number of amides is 1. The Labute approximate surface area is 211 Å². The molecule has 0 aliphatic heterocycles. The Bertz CT molecular complexity index is 1740. The van der Waals surface area contributed by atoms with E-state index in [1.165, 1.54) is 17.6 Å². The fourth-order valence-electron chi connectivity index (χ4n) is 3.99. The highest BCUT2D eigenvalue weighted by Gasteiger charge is 2.20. The van der Waals surface area contributed by atoms with Gasteiger partial charge >= 0.3 is 11.7 Å². The number of anilines is 1. The van der Waals surface area contributed by atoms with E-state index in [0.717, 1.165) is 15.8 Å². The van der Waals surface area contributed by atoms with Crippen LogP contribution in [0.3, 0.4) is 0 Å². The van der Waals surface area contributed by atoms with Crippen molar-refractivity contribution in [2.45, 2.75) is 20.4 Å². The number of carbonyl (C=O) groups is 2. The first-order chi connectivity index (χ1) is 17.9. The number of benzene rings is 3. The molecule has 2 heterocycles. The average Bonchev–Trinajstić information content (AvgIpc) is 3.22. The van der Waals surface area contributed by atoms with E-state index in [1.54, 1.807) is 36.4 Å². The molecule has 0 unspecified atom stereocenters. The number of hydrogen-bond acceptors (Lipinski definition) is 7. The van der Waals surface area contributed by atoms with Crippen LogP contribution in [0.1, 0.15) is 21.5 Å². The maximum Gasteiger partial charge on any atom is 0.351 e. The maximum absolute atomic E-state index is 13.4. The zero-order valence-corrected chi connectivity index (χ0v) is 20.4. The van der Waals surface area contributed by atoms with Crippen LogP contribution in [0.5, 0.6) is 11.6 Å². The van der Waals surface area contributed by atoms with Crippen molar-refractivity contribution in [3.63, 3.8) is 0 Å². The molecule has 0 spiro atoms. The number of fused-ring (bicyclic) bond motifs is 3. The second-order valence-corrected chi connectivity index (χ2v) is 8.39. The molecule has 0 bridgehead atoms. The zero-order chi connectivity index (χ0) is 26.1. The van der Waals surface area contributed by atoms with Gasteiger partial charge in [-0.2, -0.15) is 0 Å². The van der Waals surface area contributed by atoms with Crippen LogP contribution in [0.15, 0.2) is 71.5 Å². The minimum atomic E-state index is -0.591. The summed E-state index contributed by atoms with van der Waals surface area (Å²) in [7, 11) is 1.26. The van der Waals surface area contributed by atoms with Crippen molar-refractivity contribution < 1.29 is 19.1 Å². The Morgan fingerprint density at radius 1 is 0.973 bits per heavy atom. The molecule has 0 radical (unpaired) electrons. The van der Waals surface area contributed by atoms with Crippen LogP contribution < -0.4 is 15.7 Å². The molecule has 5 rings (SSSR count). The Morgan fingerprint density at radius 3 is 2.54 bits per heavy atom. The Morgan fingerprint density at radius 2 is 1.73 bits per heavy atom. The normalized spacial score (nSPS) is 11.0. The number of hydrogen-bond donors (Lipinski definition) is 1. The zero-order valence-electron chi connectivity index (χ0n) is 20.4. The van der Waals surface area contributed by atoms with E-state index < -0.39 is 24.1 Å². The van der Waals surface area contributed by atoms with Gasteiger partial charge < -0.3 is 14.8 Å². The van der Waals surface area contributed by atoms with E-state index in [-0.39, 0.29) is 22.8 Å². The lowest BCUT2D eigenvalue weighted by molar-refractivity contribution is -0.117. The van der Waals surface area contributed by atoms with Gasteiger partial charge in [0, 0.05) is 0 Å². The number of esters is 1. The number of nitrogens with zero attached hydrogens (tertiary/aromatic N) is 4. The molecule has 0 saturated heterocycles. The van der Waals surface area contributed by atoms with Crippen LogP contribution in [-0.4, -0.2) is 38.2 Å². The Hall–Kier alpha value is -4.99. The molecule has 186 valence electrons. The lowest BCUT2D eigenvalue weighted by atomic mass is 10.1. The van der Waals surface area contributed by atoms with Crippen molar-refractivity contribution in [3.05, 3.63) is 93.9 Å². The van der Waals surface area contributed by atoms with Crippen molar-refractivity contribution in [1.82, 2.24) is 19.2 Å². The van der Waals surface area contributed by atoms with E-state index in [9.17, 15) is 14.4 Å². The Kier molecular flexibility index (Phi) is 6.14. The molecule has 1 amide bonds. The molecule has 0 aliphatic rings. The fraction of sp³-hybridized carbons (Fsp3) is 0.148. The highest BCUT2D eigenvalue weighted by atomic mass is 16.5. The highest BCUT2D eigenvalue weighted by molar-refractivity contribution is 6.01. The first-order valence-electron chi connectivity index (χ1n) is 11.5. The summed E-state index contributed by atoms with van der Waals surface area (Å²) in [6.07, 6.45) is 0. The fourth-order valence-corrected chi connectivity index (χ4v) is 3.99. The monoisotopic (exact) mass is 497 g/mol. The predicted molar refractivity (Wildman–Crippen MR) is 137 cm³/mol. The van der Waals surface area contributed by atoms with E-state index in [2.05, 4.69) is 15.4 Å². The predicted octanol–water partition coefficient (Wildman–Crippen LogP) is 3.88. The number of aryl methyl sites for hydroxylation is 1. The summed E-state index contributed by atoms with van der Waals surface area (Å²) in [5.74, 6) is -0.411. The van der Waals surface area contributed by atoms with E-state index in [0.29, 0.717) is 16.8 Å². The third-order valence-electron chi connectivity index (χ3n) is 6.04. The van der Waals surface area contributed by atoms with Gasteiger partial charge in [-0.05, 0) is 55.3 Å². The van der Waals surface area contributed by atoms with Crippen LogP contribution in [-0.2, 0) is 16.1 Å². The van der Waals surface area contributed by atoms with Crippen molar-refractivity contribution in [2.75, 3.05) is 12.4 Å². The quantitative estimate of drug-likeness (QED) is 0.354. The number of para-hydroxylation sites is 3. The molecule has 0 saturated carbocycles. The number of rotatable bonds is 6. The summed E-state index contributed by atoms with van der Waals surface area (Å²) in [4.78, 5) is 42.9. The second-order valence-electron chi connectivity index (χ2n) is 8.39. The molecule has 0 fully saturated rings. The van der Waals surface area contributed by atoms with Gasteiger partial charge in [-0.15, -0.1) is 5.10 Å². The molecule has 0 aliphatic carbocycles.